The number of nitro benzene ring substituents is 2. The number of anilines is 1. The molecule has 9 heteroatoms. The van der Waals surface area contributed by atoms with Gasteiger partial charge in [-0.25, -0.2) is 0 Å². The van der Waals surface area contributed by atoms with Gasteiger partial charge in [-0.05, 0) is 18.2 Å². The van der Waals surface area contributed by atoms with Crippen LogP contribution in [-0.2, 0) is 4.79 Å². The van der Waals surface area contributed by atoms with E-state index < -0.39 is 33.7 Å². The summed E-state index contributed by atoms with van der Waals surface area (Å²) in [5.41, 5.74) is -0.455. The highest BCUT2D eigenvalue weighted by atomic mass is 16.6. The van der Waals surface area contributed by atoms with Gasteiger partial charge < -0.3 is 10.1 Å². The quantitative estimate of drug-likeness (QED) is 0.644. The van der Waals surface area contributed by atoms with Crippen LogP contribution in [0.1, 0.15) is 0 Å². The van der Waals surface area contributed by atoms with Crippen molar-refractivity contribution in [2.75, 3.05) is 11.9 Å². The lowest BCUT2D eigenvalue weighted by Crippen LogP contribution is -2.20. The number of carbonyl (C=O) groups excluding carboxylic acids is 1. The lowest BCUT2D eigenvalue weighted by Gasteiger charge is -2.07. The number of nitrogens with zero attached hydrogens (tertiary/aromatic N) is 2. The molecule has 1 N–H and O–H groups in total. The molecule has 2 rings (SSSR count). The van der Waals surface area contributed by atoms with Crippen LogP contribution in [0.3, 0.4) is 0 Å². The summed E-state index contributed by atoms with van der Waals surface area (Å²) in [5.74, 6) is -0.729. The number of rotatable bonds is 6. The molecular formula is C14H11N3O6. The third-order valence-corrected chi connectivity index (χ3v) is 2.77. The monoisotopic (exact) mass is 317 g/mol. The number of hydrogen-bond acceptors (Lipinski definition) is 6. The zero-order chi connectivity index (χ0) is 16.8. The number of benzene rings is 2. The van der Waals surface area contributed by atoms with Crippen molar-refractivity contribution in [3.05, 3.63) is 68.8 Å². The van der Waals surface area contributed by atoms with E-state index >= 15 is 0 Å². The number of nitrogens with one attached hydrogen (secondary N) is 1. The molecule has 0 aromatic heterocycles. The van der Waals surface area contributed by atoms with Crippen LogP contribution in [0.2, 0.25) is 0 Å². The first kappa shape index (κ1) is 15.9. The lowest BCUT2D eigenvalue weighted by molar-refractivity contribution is -0.394. The minimum Gasteiger partial charge on any atom is -0.477 e. The van der Waals surface area contributed by atoms with Crippen molar-refractivity contribution in [3.8, 4) is 5.75 Å². The molecule has 0 heterocycles. The fraction of sp³-hybridized carbons (Fsp3) is 0.0714. The number of para-hydroxylation sites is 1. The summed E-state index contributed by atoms with van der Waals surface area (Å²) in [5, 5.41) is 24.1. The minimum absolute atomic E-state index is 0.219. The first-order chi connectivity index (χ1) is 11.0. The molecule has 118 valence electrons. The largest absolute Gasteiger partial charge is 0.477 e. The Hall–Kier alpha value is -3.49. The van der Waals surface area contributed by atoms with Crippen molar-refractivity contribution in [3.63, 3.8) is 0 Å². The fourth-order valence-electron chi connectivity index (χ4n) is 1.75. The Kier molecular flexibility index (Phi) is 4.82. The Morgan fingerprint density at radius 1 is 1.04 bits per heavy atom. The first-order valence-corrected chi connectivity index (χ1v) is 6.38. The SMILES string of the molecule is O=C(COc1ccc([N+](=O)[O-])cc1[N+](=O)[O-])Nc1ccccc1. The van der Waals surface area contributed by atoms with Crippen LogP contribution in [0.25, 0.3) is 0 Å². The average molecular weight is 317 g/mol. The van der Waals surface area contributed by atoms with Crippen molar-refractivity contribution < 1.29 is 19.4 Å². The van der Waals surface area contributed by atoms with Gasteiger partial charge in [0, 0.05) is 11.8 Å². The maximum atomic E-state index is 11.7. The fourth-order valence-corrected chi connectivity index (χ4v) is 1.75. The van der Waals surface area contributed by atoms with Gasteiger partial charge in [-0.1, -0.05) is 18.2 Å². The number of amides is 1. The second kappa shape index (κ2) is 6.98. The number of carbonyl (C=O) groups is 1. The predicted molar refractivity (Wildman–Crippen MR) is 80.3 cm³/mol. The van der Waals surface area contributed by atoms with Gasteiger partial charge in [-0.15, -0.1) is 0 Å². The van der Waals surface area contributed by atoms with Gasteiger partial charge in [0.1, 0.15) is 0 Å². The highest BCUT2D eigenvalue weighted by Crippen LogP contribution is 2.30. The van der Waals surface area contributed by atoms with Crippen LogP contribution in [0, 0.1) is 20.2 Å². The van der Waals surface area contributed by atoms with Crippen LogP contribution >= 0.6 is 0 Å². The van der Waals surface area contributed by atoms with E-state index in [4.69, 9.17) is 4.74 Å². The Morgan fingerprint density at radius 2 is 1.74 bits per heavy atom. The summed E-state index contributed by atoms with van der Waals surface area (Å²) in [6.07, 6.45) is 0. The standard InChI is InChI=1S/C14H11N3O6/c18-14(15-10-4-2-1-3-5-10)9-23-13-7-6-11(16(19)20)8-12(13)17(21)22/h1-8H,9H2,(H,15,18). The van der Waals surface area contributed by atoms with E-state index in [-0.39, 0.29) is 5.75 Å². The van der Waals surface area contributed by atoms with Gasteiger partial charge >= 0.3 is 5.69 Å². The number of ether oxygens (including phenoxy) is 1. The van der Waals surface area contributed by atoms with Crippen molar-refractivity contribution in [1.82, 2.24) is 0 Å². The molecule has 0 bridgehead atoms. The molecule has 0 aliphatic carbocycles. The Labute approximate surface area is 129 Å². The average Bonchev–Trinajstić information content (AvgIpc) is 2.53. The summed E-state index contributed by atoms with van der Waals surface area (Å²) in [6, 6.07) is 11.5. The molecule has 0 spiro atoms. The molecule has 0 saturated heterocycles. The van der Waals surface area contributed by atoms with Crippen LogP contribution in [0.5, 0.6) is 5.75 Å². The summed E-state index contributed by atoms with van der Waals surface area (Å²) < 4.78 is 5.09. The van der Waals surface area contributed by atoms with Crippen LogP contribution in [0.15, 0.2) is 48.5 Å². The van der Waals surface area contributed by atoms with E-state index in [1.807, 2.05) is 0 Å². The zero-order valence-corrected chi connectivity index (χ0v) is 11.7. The molecule has 9 nitrogen and oxygen atoms in total. The maximum Gasteiger partial charge on any atom is 0.317 e. The maximum absolute atomic E-state index is 11.7. The highest BCUT2D eigenvalue weighted by Gasteiger charge is 2.21. The molecule has 2 aromatic rings. The number of hydrogen-bond donors (Lipinski definition) is 1. The van der Waals surface area contributed by atoms with E-state index in [9.17, 15) is 25.0 Å². The number of non-ortho nitro benzene ring substituents is 1. The molecule has 23 heavy (non-hydrogen) atoms. The Morgan fingerprint density at radius 3 is 2.35 bits per heavy atom. The molecular weight excluding hydrogens is 306 g/mol. The molecule has 0 saturated carbocycles. The molecule has 0 aliphatic rings. The van der Waals surface area contributed by atoms with E-state index in [2.05, 4.69) is 5.32 Å². The molecule has 0 aliphatic heterocycles. The van der Waals surface area contributed by atoms with Crippen molar-refractivity contribution in [2.45, 2.75) is 0 Å². The highest BCUT2D eigenvalue weighted by molar-refractivity contribution is 5.91. The van der Waals surface area contributed by atoms with Crippen molar-refractivity contribution in [2.24, 2.45) is 0 Å². The zero-order valence-electron chi connectivity index (χ0n) is 11.7. The second-order valence-electron chi connectivity index (χ2n) is 4.37. The molecule has 0 unspecified atom stereocenters. The van der Waals surface area contributed by atoms with Crippen molar-refractivity contribution >= 4 is 23.0 Å². The summed E-state index contributed by atoms with van der Waals surface area (Å²) in [7, 11) is 0. The lowest BCUT2D eigenvalue weighted by atomic mass is 10.2. The van der Waals surface area contributed by atoms with Crippen LogP contribution in [0.4, 0.5) is 17.1 Å². The van der Waals surface area contributed by atoms with Gasteiger partial charge in [-0.3, -0.25) is 25.0 Å². The first-order valence-electron chi connectivity index (χ1n) is 6.38. The molecule has 0 radical (unpaired) electrons. The van der Waals surface area contributed by atoms with Gasteiger partial charge in [0.05, 0.1) is 15.9 Å². The molecule has 2 aromatic carbocycles. The van der Waals surface area contributed by atoms with Crippen molar-refractivity contribution in [1.29, 1.82) is 0 Å². The predicted octanol–water partition coefficient (Wildman–Crippen LogP) is 2.52. The van der Waals surface area contributed by atoms with E-state index in [0.29, 0.717) is 5.69 Å². The third kappa shape index (κ3) is 4.24. The molecule has 1 amide bonds. The van der Waals surface area contributed by atoms with E-state index in [0.717, 1.165) is 18.2 Å². The van der Waals surface area contributed by atoms with Crippen LogP contribution in [-0.4, -0.2) is 22.4 Å². The third-order valence-electron chi connectivity index (χ3n) is 2.77. The van der Waals surface area contributed by atoms with E-state index in [1.54, 1.807) is 30.3 Å². The topological polar surface area (TPSA) is 125 Å². The van der Waals surface area contributed by atoms with Crippen LogP contribution < -0.4 is 10.1 Å². The van der Waals surface area contributed by atoms with Gasteiger partial charge in [-0.2, -0.15) is 0 Å². The van der Waals surface area contributed by atoms with Gasteiger partial charge in [0.25, 0.3) is 11.6 Å². The Bertz CT molecular complexity index is 747. The normalized spacial score (nSPS) is 9.91. The Balaban J connectivity index is 2.06. The summed E-state index contributed by atoms with van der Waals surface area (Å²) in [6.45, 7) is -0.465. The second-order valence-corrected chi connectivity index (χ2v) is 4.37. The molecule has 0 atom stereocenters. The minimum atomic E-state index is -0.808. The number of nitro groups is 2. The smallest absolute Gasteiger partial charge is 0.317 e. The van der Waals surface area contributed by atoms with Gasteiger partial charge in [0.2, 0.25) is 0 Å². The summed E-state index contributed by atoms with van der Waals surface area (Å²) >= 11 is 0. The summed E-state index contributed by atoms with van der Waals surface area (Å²) in [4.78, 5) is 31.7. The van der Waals surface area contributed by atoms with E-state index in [1.165, 1.54) is 0 Å². The van der Waals surface area contributed by atoms with Gasteiger partial charge in [0.15, 0.2) is 12.4 Å². The molecule has 0 fully saturated rings.